The third-order valence-corrected chi connectivity index (χ3v) is 5.11. The molecule has 0 saturated heterocycles. The first kappa shape index (κ1) is 15.9. The molecule has 0 bridgehead atoms. The van der Waals surface area contributed by atoms with Crippen molar-refractivity contribution in [1.82, 2.24) is 15.1 Å². The largest absolute Gasteiger partial charge is 0.339 e. The molecule has 1 aliphatic carbocycles. The average molecular weight is 355 g/mol. The predicted molar refractivity (Wildman–Crippen MR) is 93.3 cm³/mol. The Bertz CT molecular complexity index is 885. The number of amides is 1. The van der Waals surface area contributed by atoms with Crippen LogP contribution in [0.1, 0.15) is 47.0 Å². The number of aromatic nitrogens is 3. The van der Waals surface area contributed by atoms with Crippen LogP contribution in [0, 0.1) is 0 Å². The summed E-state index contributed by atoms with van der Waals surface area (Å²) in [6, 6.07) is 9.02. The first-order chi connectivity index (χ1) is 12.1. The zero-order valence-corrected chi connectivity index (χ0v) is 14.3. The summed E-state index contributed by atoms with van der Waals surface area (Å²) >= 11 is 1.36. The van der Waals surface area contributed by atoms with E-state index in [1.165, 1.54) is 11.3 Å². The van der Waals surface area contributed by atoms with Gasteiger partial charge in [0.2, 0.25) is 5.89 Å². The number of carbonyl (C=O) groups is 1. The highest BCUT2D eigenvalue weighted by atomic mass is 32.1. The van der Waals surface area contributed by atoms with E-state index in [4.69, 9.17) is 10.3 Å². The second-order valence-electron chi connectivity index (χ2n) is 6.16. The molecule has 0 aliphatic heterocycles. The minimum absolute atomic E-state index is 0.184. The smallest absolute Gasteiger partial charge is 0.257 e. The molecule has 4 rings (SSSR count). The van der Waals surface area contributed by atoms with Crippen molar-refractivity contribution in [2.24, 2.45) is 5.73 Å². The van der Waals surface area contributed by atoms with Crippen molar-refractivity contribution in [3.05, 3.63) is 58.7 Å². The third kappa shape index (κ3) is 3.31. The summed E-state index contributed by atoms with van der Waals surface area (Å²) in [6.45, 7) is 0. The van der Waals surface area contributed by atoms with Gasteiger partial charge in [-0.25, -0.2) is 4.98 Å². The monoisotopic (exact) mass is 355 g/mol. The standard InChI is InChI=1S/C17H17N5O2S/c18-17(7-4-8-17)15-20-13(24-22-15)9-12-10-25-16(19-12)21-14(23)11-5-2-1-3-6-11/h1-3,5-6,10H,4,7-9,18H2,(H,19,21,23). The Balaban J connectivity index is 1.41. The van der Waals surface area contributed by atoms with Gasteiger partial charge in [0.25, 0.3) is 5.91 Å². The lowest BCUT2D eigenvalue weighted by Gasteiger charge is -2.34. The molecule has 7 nitrogen and oxygen atoms in total. The lowest BCUT2D eigenvalue weighted by molar-refractivity contribution is 0.102. The summed E-state index contributed by atoms with van der Waals surface area (Å²) in [6.07, 6.45) is 3.29. The van der Waals surface area contributed by atoms with Crippen LogP contribution in [0.4, 0.5) is 5.13 Å². The van der Waals surface area contributed by atoms with Crippen molar-refractivity contribution in [2.75, 3.05) is 5.32 Å². The van der Waals surface area contributed by atoms with Crippen molar-refractivity contribution in [3.63, 3.8) is 0 Å². The van der Waals surface area contributed by atoms with Crippen molar-refractivity contribution >= 4 is 22.4 Å². The molecule has 128 valence electrons. The summed E-state index contributed by atoms with van der Waals surface area (Å²) in [5.74, 6) is 0.871. The molecule has 2 heterocycles. The van der Waals surface area contributed by atoms with E-state index >= 15 is 0 Å². The van der Waals surface area contributed by atoms with Gasteiger partial charge in [-0.2, -0.15) is 4.98 Å². The maximum atomic E-state index is 12.1. The molecule has 0 atom stereocenters. The summed E-state index contributed by atoms with van der Waals surface area (Å²) in [5, 5.41) is 9.20. The summed E-state index contributed by atoms with van der Waals surface area (Å²) < 4.78 is 5.29. The number of hydrogen-bond donors (Lipinski definition) is 2. The molecule has 0 spiro atoms. The third-order valence-electron chi connectivity index (χ3n) is 4.30. The van der Waals surface area contributed by atoms with Crippen molar-refractivity contribution in [3.8, 4) is 0 Å². The molecule has 3 N–H and O–H groups in total. The number of nitrogens with zero attached hydrogens (tertiary/aromatic N) is 3. The highest BCUT2D eigenvalue weighted by Crippen LogP contribution is 2.37. The normalized spacial score (nSPS) is 15.6. The average Bonchev–Trinajstić information content (AvgIpc) is 3.24. The number of anilines is 1. The van der Waals surface area contributed by atoms with Gasteiger partial charge in [0, 0.05) is 10.9 Å². The van der Waals surface area contributed by atoms with Gasteiger partial charge in [0.15, 0.2) is 11.0 Å². The number of rotatable bonds is 5. The minimum Gasteiger partial charge on any atom is -0.339 e. The van der Waals surface area contributed by atoms with Crippen molar-refractivity contribution in [1.29, 1.82) is 0 Å². The van der Waals surface area contributed by atoms with Crippen LogP contribution in [-0.2, 0) is 12.0 Å². The quantitative estimate of drug-likeness (QED) is 0.729. The van der Waals surface area contributed by atoms with Gasteiger partial charge in [0.1, 0.15) is 0 Å². The Morgan fingerprint density at radius 2 is 2.08 bits per heavy atom. The molecule has 3 aromatic rings. The highest BCUT2D eigenvalue weighted by molar-refractivity contribution is 7.14. The molecule has 1 fully saturated rings. The predicted octanol–water partition coefficient (Wildman–Crippen LogP) is 2.71. The molecule has 8 heteroatoms. The van der Waals surface area contributed by atoms with Gasteiger partial charge >= 0.3 is 0 Å². The number of benzene rings is 1. The van der Waals surface area contributed by atoms with E-state index in [0.29, 0.717) is 28.8 Å². The van der Waals surface area contributed by atoms with Gasteiger partial charge in [-0.05, 0) is 31.4 Å². The van der Waals surface area contributed by atoms with Gasteiger partial charge in [0.05, 0.1) is 17.7 Å². The Kier molecular flexibility index (Phi) is 4.06. The van der Waals surface area contributed by atoms with Crippen LogP contribution in [0.2, 0.25) is 0 Å². The lowest BCUT2D eigenvalue weighted by Crippen LogP contribution is -2.44. The van der Waals surface area contributed by atoms with Gasteiger partial charge < -0.3 is 10.3 Å². The molecule has 1 aliphatic rings. The summed E-state index contributed by atoms with van der Waals surface area (Å²) in [4.78, 5) is 20.9. The molecule has 25 heavy (non-hydrogen) atoms. The van der Waals surface area contributed by atoms with E-state index in [0.717, 1.165) is 25.0 Å². The van der Waals surface area contributed by atoms with Crippen LogP contribution in [0.5, 0.6) is 0 Å². The van der Waals surface area contributed by atoms with Gasteiger partial charge in [-0.1, -0.05) is 23.4 Å². The van der Waals surface area contributed by atoms with Crippen LogP contribution in [0.3, 0.4) is 0 Å². The molecule has 1 aromatic carbocycles. The maximum absolute atomic E-state index is 12.1. The summed E-state index contributed by atoms with van der Waals surface area (Å²) in [5.41, 5.74) is 7.13. The molecule has 0 unspecified atom stereocenters. The zero-order chi connectivity index (χ0) is 17.3. The van der Waals surface area contributed by atoms with Gasteiger partial charge in [-0.3, -0.25) is 10.1 Å². The number of hydrogen-bond acceptors (Lipinski definition) is 7. The first-order valence-corrected chi connectivity index (χ1v) is 8.93. The number of carbonyl (C=O) groups excluding carboxylic acids is 1. The lowest BCUT2D eigenvalue weighted by atomic mass is 9.77. The Morgan fingerprint density at radius 1 is 1.28 bits per heavy atom. The topological polar surface area (TPSA) is 107 Å². The SMILES string of the molecule is NC1(c2noc(Cc3csc(NC(=O)c4ccccc4)n3)n2)CCC1. The fraction of sp³-hybridized carbons (Fsp3) is 0.294. The van der Waals surface area contributed by atoms with Crippen LogP contribution < -0.4 is 11.1 Å². The summed E-state index contributed by atoms with van der Waals surface area (Å²) in [7, 11) is 0. The molecule has 2 aromatic heterocycles. The van der Waals surface area contributed by atoms with Crippen LogP contribution in [-0.4, -0.2) is 21.0 Å². The second-order valence-corrected chi connectivity index (χ2v) is 7.02. The van der Waals surface area contributed by atoms with Crippen molar-refractivity contribution in [2.45, 2.75) is 31.2 Å². The minimum atomic E-state index is -0.432. The van der Waals surface area contributed by atoms with Gasteiger partial charge in [-0.15, -0.1) is 11.3 Å². The van der Waals surface area contributed by atoms with E-state index in [1.54, 1.807) is 12.1 Å². The molecule has 1 saturated carbocycles. The van der Waals surface area contributed by atoms with Crippen LogP contribution >= 0.6 is 11.3 Å². The second kappa shape index (κ2) is 6.38. The van der Waals surface area contributed by atoms with Crippen LogP contribution in [0.15, 0.2) is 40.2 Å². The fourth-order valence-corrected chi connectivity index (χ4v) is 3.37. The number of nitrogens with one attached hydrogen (secondary N) is 1. The van der Waals surface area contributed by atoms with E-state index in [-0.39, 0.29) is 5.91 Å². The molecular weight excluding hydrogens is 338 g/mol. The zero-order valence-electron chi connectivity index (χ0n) is 13.4. The molecule has 1 amide bonds. The first-order valence-electron chi connectivity index (χ1n) is 8.05. The Morgan fingerprint density at radius 3 is 2.80 bits per heavy atom. The van der Waals surface area contributed by atoms with E-state index < -0.39 is 5.54 Å². The van der Waals surface area contributed by atoms with Crippen molar-refractivity contribution < 1.29 is 9.32 Å². The van der Waals surface area contributed by atoms with E-state index in [9.17, 15) is 4.79 Å². The molecular formula is C17H17N5O2S. The van der Waals surface area contributed by atoms with E-state index in [1.807, 2.05) is 23.6 Å². The molecule has 0 radical (unpaired) electrons. The maximum Gasteiger partial charge on any atom is 0.257 e. The Labute approximate surface area is 148 Å². The number of thiazole rings is 1. The number of nitrogens with two attached hydrogens (primary N) is 1. The van der Waals surface area contributed by atoms with E-state index in [2.05, 4.69) is 20.4 Å². The fourth-order valence-electron chi connectivity index (χ4n) is 2.67. The van der Waals surface area contributed by atoms with Crippen LogP contribution in [0.25, 0.3) is 0 Å². The highest BCUT2D eigenvalue weighted by Gasteiger charge is 2.38. The Hall–Kier alpha value is -2.58.